The molecule has 104 valence electrons. The van der Waals surface area contributed by atoms with E-state index in [4.69, 9.17) is 10.2 Å². The molecule has 19 heavy (non-hydrogen) atoms. The molecule has 0 radical (unpaired) electrons. The molecule has 0 aliphatic carbocycles. The number of hydrogen-bond donors (Lipinski definition) is 2. The van der Waals surface area contributed by atoms with Crippen molar-refractivity contribution in [2.45, 2.75) is 13.0 Å². The van der Waals surface area contributed by atoms with Gasteiger partial charge in [0.15, 0.2) is 0 Å². The Morgan fingerprint density at radius 2 is 1.74 bits per heavy atom. The van der Waals surface area contributed by atoms with Crippen LogP contribution in [-0.4, -0.2) is 40.1 Å². The summed E-state index contributed by atoms with van der Waals surface area (Å²) in [6, 6.07) is 5.47. The first-order chi connectivity index (χ1) is 8.88. The van der Waals surface area contributed by atoms with E-state index in [0.717, 1.165) is 4.90 Å². The van der Waals surface area contributed by atoms with E-state index < -0.39 is 31.5 Å². The molecule has 7 heteroatoms. The van der Waals surface area contributed by atoms with Gasteiger partial charge in [0.1, 0.15) is 0 Å². The summed E-state index contributed by atoms with van der Waals surface area (Å²) in [6.45, 7) is -0.949. The molecule has 0 bridgehead atoms. The van der Waals surface area contributed by atoms with Crippen LogP contribution in [0.1, 0.15) is 17.6 Å². The zero-order valence-electron chi connectivity index (χ0n) is 9.92. The maximum absolute atomic E-state index is 12.5. The molecule has 0 atom stereocenters. The Morgan fingerprint density at radius 3 is 2.21 bits per heavy atom. The zero-order valence-corrected chi connectivity index (χ0v) is 9.92. The van der Waals surface area contributed by atoms with Crippen LogP contribution in [0.5, 0.6) is 0 Å². The maximum Gasteiger partial charge on any atom is 0.317 e. The van der Waals surface area contributed by atoms with Gasteiger partial charge in [-0.15, -0.1) is 0 Å². The minimum atomic E-state index is -2.62. The van der Waals surface area contributed by atoms with Gasteiger partial charge in [-0.25, -0.2) is 8.78 Å². The molecule has 0 spiro atoms. The van der Waals surface area contributed by atoms with E-state index in [0.29, 0.717) is 5.56 Å². The average Bonchev–Trinajstić information content (AvgIpc) is 2.27. The van der Waals surface area contributed by atoms with Crippen molar-refractivity contribution in [1.82, 2.24) is 4.90 Å². The normalized spacial score (nSPS) is 10.9. The summed E-state index contributed by atoms with van der Waals surface area (Å²) in [5.41, 5.74) is 0.267. The van der Waals surface area contributed by atoms with Gasteiger partial charge < -0.3 is 10.2 Å². The predicted molar refractivity (Wildman–Crippen MR) is 61.9 cm³/mol. The van der Waals surface area contributed by atoms with Gasteiger partial charge in [0.05, 0.1) is 13.1 Å². The Bertz CT molecular complexity index is 449. The Morgan fingerprint density at radius 1 is 1.16 bits per heavy atom. The van der Waals surface area contributed by atoms with Gasteiger partial charge in [0.25, 0.3) is 6.43 Å². The number of aliphatic carboxylic acids is 2. The van der Waals surface area contributed by atoms with Crippen molar-refractivity contribution >= 4 is 11.9 Å². The fraction of sp³-hybridized carbons (Fsp3) is 0.333. The van der Waals surface area contributed by atoms with E-state index in [9.17, 15) is 18.4 Å². The molecule has 0 fully saturated rings. The lowest BCUT2D eigenvalue weighted by molar-refractivity contribution is -0.142. The van der Waals surface area contributed by atoms with Gasteiger partial charge in [0, 0.05) is 12.1 Å². The van der Waals surface area contributed by atoms with E-state index in [1.54, 1.807) is 6.07 Å². The molecule has 2 N–H and O–H groups in total. The first kappa shape index (κ1) is 15.0. The third kappa shape index (κ3) is 5.43. The first-order valence-corrected chi connectivity index (χ1v) is 5.41. The topological polar surface area (TPSA) is 77.8 Å². The lowest BCUT2D eigenvalue weighted by Crippen LogP contribution is -2.33. The van der Waals surface area contributed by atoms with Crippen molar-refractivity contribution in [2.24, 2.45) is 0 Å². The fourth-order valence-corrected chi connectivity index (χ4v) is 1.64. The molecule has 0 heterocycles. The average molecular weight is 273 g/mol. The van der Waals surface area contributed by atoms with Crippen LogP contribution in [0.4, 0.5) is 8.78 Å². The van der Waals surface area contributed by atoms with Crippen molar-refractivity contribution < 1.29 is 28.6 Å². The summed E-state index contributed by atoms with van der Waals surface area (Å²) in [4.78, 5) is 22.4. The molecule has 0 aliphatic heterocycles. The molecule has 1 rings (SSSR count). The van der Waals surface area contributed by atoms with E-state index in [2.05, 4.69) is 0 Å². The summed E-state index contributed by atoms with van der Waals surface area (Å²) in [6.07, 6.45) is -2.62. The maximum atomic E-state index is 12.5. The van der Waals surface area contributed by atoms with Crippen LogP contribution in [-0.2, 0) is 16.1 Å². The Balaban J connectivity index is 2.80. The predicted octanol–water partition coefficient (Wildman–Crippen LogP) is 1.60. The van der Waals surface area contributed by atoms with E-state index in [1.165, 1.54) is 18.2 Å². The quantitative estimate of drug-likeness (QED) is 0.789. The summed E-state index contributed by atoms with van der Waals surface area (Å²) in [7, 11) is 0. The molecule has 0 saturated carbocycles. The summed E-state index contributed by atoms with van der Waals surface area (Å²) in [5.74, 6) is -2.35. The molecule has 0 aliphatic rings. The van der Waals surface area contributed by atoms with Crippen LogP contribution in [0.15, 0.2) is 24.3 Å². The summed E-state index contributed by atoms with van der Waals surface area (Å²) < 4.78 is 25.0. The number of benzene rings is 1. The number of carbonyl (C=O) groups is 2. The van der Waals surface area contributed by atoms with Gasteiger partial charge >= 0.3 is 11.9 Å². The van der Waals surface area contributed by atoms with Crippen molar-refractivity contribution in [3.05, 3.63) is 35.4 Å². The summed E-state index contributed by atoms with van der Waals surface area (Å²) >= 11 is 0. The number of hydrogen-bond acceptors (Lipinski definition) is 3. The standard InChI is InChI=1S/C12H13F2NO4/c13-12(14)9-3-1-2-8(4-9)5-15(6-10(16)17)7-11(18)19/h1-4,12H,5-7H2,(H,16,17)(H,18,19). The van der Waals surface area contributed by atoms with E-state index >= 15 is 0 Å². The second kappa shape index (κ2) is 6.79. The molecular formula is C12H13F2NO4. The highest BCUT2D eigenvalue weighted by molar-refractivity contribution is 5.72. The van der Waals surface area contributed by atoms with E-state index in [-0.39, 0.29) is 12.1 Å². The van der Waals surface area contributed by atoms with Gasteiger partial charge in [0.2, 0.25) is 0 Å². The lowest BCUT2D eigenvalue weighted by atomic mass is 10.1. The molecule has 0 amide bonds. The van der Waals surface area contributed by atoms with Crippen molar-refractivity contribution in [3.63, 3.8) is 0 Å². The number of halogens is 2. The second-order valence-electron chi connectivity index (χ2n) is 3.98. The highest BCUT2D eigenvalue weighted by Gasteiger charge is 2.15. The van der Waals surface area contributed by atoms with Crippen LogP contribution in [0.25, 0.3) is 0 Å². The molecule has 0 aromatic heterocycles. The monoisotopic (exact) mass is 273 g/mol. The minimum absolute atomic E-state index is 0.0147. The van der Waals surface area contributed by atoms with Crippen LogP contribution in [0.2, 0.25) is 0 Å². The molecular weight excluding hydrogens is 260 g/mol. The molecule has 1 aromatic carbocycles. The number of alkyl halides is 2. The molecule has 1 aromatic rings. The Kier molecular flexibility index (Phi) is 5.37. The van der Waals surface area contributed by atoms with Crippen LogP contribution in [0.3, 0.4) is 0 Å². The minimum Gasteiger partial charge on any atom is -0.480 e. The van der Waals surface area contributed by atoms with Gasteiger partial charge in [-0.2, -0.15) is 0 Å². The Hall–Kier alpha value is -2.02. The van der Waals surface area contributed by atoms with E-state index in [1.807, 2.05) is 0 Å². The van der Waals surface area contributed by atoms with Gasteiger partial charge in [-0.1, -0.05) is 18.2 Å². The molecule has 0 unspecified atom stereocenters. The molecule has 0 saturated heterocycles. The van der Waals surface area contributed by atoms with Crippen molar-refractivity contribution in [2.75, 3.05) is 13.1 Å². The number of carboxylic acids is 2. The smallest absolute Gasteiger partial charge is 0.317 e. The largest absolute Gasteiger partial charge is 0.480 e. The molecule has 5 nitrogen and oxygen atoms in total. The van der Waals surface area contributed by atoms with Crippen molar-refractivity contribution in [1.29, 1.82) is 0 Å². The summed E-state index contributed by atoms with van der Waals surface area (Å²) in [5, 5.41) is 17.3. The SMILES string of the molecule is O=C(O)CN(CC(=O)O)Cc1cccc(C(F)F)c1. The first-order valence-electron chi connectivity index (χ1n) is 5.41. The fourth-order valence-electron chi connectivity index (χ4n) is 1.64. The van der Waals surface area contributed by atoms with Crippen LogP contribution < -0.4 is 0 Å². The van der Waals surface area contributed by atoms with Gasteiger partial charge in [-0.05, 0) is 11.6 Å². The van der Waals surface area contributed by atoms with Crippen LogP contribution >= 0.6 is 0 Å². The Labute approximate surface area is 108 Å². The highest BCUT2D eigenvalue weighted by atomic mass is 19.3. The number of rotatable bonds is 7. The van der Waals surface area contributed by atoms with Gasteiger partial charge in [-0.3, -0.25) is 14.5 Å². The van der Waals surface area contributed by atoms with Crippen LogP contribution in [0, 0.1) is 0 Å². The number of carboxylic acid groups (broad SMARTS) is 2. The zero-order chi connectivity index (χ0) is 14.4. The lowest BCUT2D eigenvalue weighted by Gasteiger charge is -2.18. The second-order valence-corrected chi connectivity index (χ2v) is 3.98. The third-order valence-electron chi connectivity index (χ3n) is 2.33. The number of nitrogens with zero attached hydrogens (tertiary/aromatic N) is 1. The van der Waals surface area contributed by atoms with Crippen molar-refractivity contribution in [3.8, 4) is 0 Å². The third-order valence-corrected chi connectivity index (χ3v) is 2.33. The highest BCUT2D eigenvalue weighted by Crippen LogP contribution is 2.20.